The van der Waals surface area contributed by atoms with Crippen molar-refractivity contribution in [2.75, 3.05) is 0 Å². The molecule has 2 atom stereocenters. The summed E-state index contributed by atoms with van der Waals surface area (Å²) in [7, 11) is -4.64. The Bertz CT molecular complexity index is 822. The highest BCUT2D eigenvalue weighted by Crippen LogP contribution is 2.70. The van der Waals surface area contributed by atoms with Crippen LogP contribution in [0.15, 0.2) is 60.7 Å². The summed E-state index contributed by atoms with van der Waals surface area (Å²) in [6.07, 6.45) is 4.81. The Balaban J connectivity index is 1.81. The summed E-state index contributed by atoms with van der Waals surface area (Å²) in [6, 6.07) is 20.5. The largest absolute Gasteiger partial charge is 0.470 e. The van der Waals surface area contributed by atoms with E-state index < -0.39 is 18.8 Å². The van der Waals surface area contributed by atoms with Crippen LogP contribution in [0.3, 0.4) is 0 Å². The van der Waals surface area contributed by atoms with Gasteiger partial charge >= 0.3 is 7.82 Å². The normalized spacial score (nSPS) is 33.9. The van der Waals surface area contributed by atoms with Gasteiger partial charge in [-0.05, 0) is 61.0 Å². The van der Waals surface area contributed by atoms with E-state index >= 15 is 0 Å². The van der Waals surface area contributed by atoms with Gasteiger partial charge in [0.2, 0.25) is 0 Å². The zero-order valence-corrected chi connectivity index (χ0v) is 16.1. The predicted octanol–water partition coefficient (Wildman–Crippen LogP) is 4.66. The SMILES string of the molecule is O=P(O)(O)OC12CC3CC(CC(C3)C1(c1ccccc1)c1ccccc1)C2. The minimum Gasteiger partial charge on any atom is -0.303 e. The molecule has 0 amide bonds. The highest BCUT2D eigenvalue weighted by molar-refractivity contribution is 7.46. The van der Waals surface area contributed by atoms with Gasteiger partial charge in [-0.1, -0.05) is 60.7 Å². The average molecular weight is 384 g/mol. The van der Waals surface area contributed by atoms with Crippen LogP contribution >= 0.6 is 7.82 Å². The summed E-state index contributed by atoms with van der Waals surface area (Å²) in [6.45, 7) is 0. The van der Waals surface area contributed by atoms with E-state index in [1.54, 1.807) is 0 Å². The van der Waals surface area contributed by atoms with Crippen molar-refractivity contribution in [3.8, 4) is 0 Å². The molecule has 27 heavy (non-hydrogen) atoms. The molecule has 4 nitrogen and oxygen atoms in total. The first kappa shape index (κ1) is 17.6. The third-order valence-corrected chi connectivity index (χ3v) is 7.81. The molecule has 4 aliphatic carbocycles. The Morgan fingerprint density at radius 3 is 1.74 bits per heavy atom. The zero-order valence-electron chi connectivity index (χ0n) is 15.2. The lowest BCUT2D eigenvalue weighted by Gasteiger charge is -2.67. The first-order valence-electron chi connectivity index (χ1n) is 9.80. The average Bonchev–Trinajstić information content (AvgIpc) is 2.61. The van der Waals surface area contributed by atoms with Crippen LogP contribution < -0.4 is 0 Å². The quantitative estimate of drug-likeness (QED) is 0.753. The maximum Gasteiger partial charge on any atom is 0.470 e. The van der Waals surface area contributed by atoms with Crippen LogP contribution in [0.2, 0.25) is 0 Å². The number of hydrogen-bond acceptors (Lipinski definition) is 2. The molecule has 4 bridgehead atoms. The van der Waals surface area contributed by atoms with Crippen LogP contribution in [0.25, 0.3) is 0 Å². The lowest BCUT2D eigenvalue weighted by Crippen LogP contribution is -2.67. The van der Waals surface area contributed by atoms with Crippen molar-refractivity contribution in [2.45, 2.75) is 43.1 Å². The fourth-order valence-electron chi connectivity index (χ4n) is 6.90. The molecular formula is C22H25O4P. The predicted molar refractivity (Wildman–Crippen MR) is 103 cm³/mol. The molecule has 2 unspecified atom stereocenters. The Labute approximate surface area is 159 Å². The molecule has 4 fully saturated rings. The smallest absolute Gasteiger partial charge is 0.303 e. The highest BCUT2D eigenvalue weighted by Gasteiger charge is 2.69. The minimum atomic E-state index is -4.64. The summed E-state index contributed by atoms with van der Waals surface area (Å²) < 4.78 is 18.0. The molecule has 0 aliphatic heterocycles. The van der Waals surface area contributed by atoms with Gasteiger partial charge in [0.05, 0.1) is 11.0 Å². The summed E-state index contributed by atoms with van der Waals surface area (Å²) >= 11 is 0. The molecule has 0 saturated heterocycles. The molecule has 5 heteroatoms. The number of phosphoric acid groups is 1. The molecule has 2 N–H and O–H groups in total. The molecule has 0 spiro atoms. The van der Waals surface area contributed by atoms with E-state index in [-0.39, 0.29) is 0 Å². The fourth-order valence-corrected chi connectivity index (χ4v) is 7.65. The molecular weight excluding hydrogens is 359 g/mol. The van der Waals surface area contributed by atoms with Crippen molar-refractivity contribution in [3.05, 3.63) is 71.8 Å². The maximum absolute atomic E-state index is 12.1. The zero-order chi connectivity index (χ0) is 18.7. The third kappa shape index (κ3) is 2.58. The van der Waals surface area contributed by atoms with Gasteiger partial charge in [-0.15, -0.1) is 0 Å². The molecule has 0 radical (unpaired) electrons. The van der Waals surface area contributed by atoms with Gasteiger partial charge in [-0.25, -0.2) is 4.57 Å². The van der Waals surface area contributed by atoms with Gasteiger partial charge in [0, 0.05) is 0 Å². The molecule has 6 rings (SSSR count). The molecule has 0 aromatic heterocycles. The van der Waals surface area contributed by atoms with Crippen LogP contribution in [0, 0.1) is 17.8 Å². The van der Waals surface area contributed by atoms with E-state index in [1.807, 2.05) is 36.4 Å². The third-order valence-electron chi connectivity index (χ3n) is 7.22. The fraction of sp³-hybridized carbons (Fsp3) is 0.455. The van der Waals surface area contributed by atoms with E-state index in [2.05, 4.69) is 24.3 Å². The van der Waals surface area contributed by atoms with Crippen molar-refractivity contribution in [2.24, 2.45) is 17.8 Å². The van der Waals surface area contributed by atoms with E-state index in [1.165, 1.54) is 6.42 Å². The summed E-state index contributed by atoms with van der Waals surface area (Å²) in [4.78, 5) is 19.8. The van der Waals surface area contributed by atoms with Crippen LogP contribution in [0.1, 0.15) is 43.2 Å². The summed E-state index contributed by atoms with van der Waals surface area (Å²) in [5, 5.41) is 0. The first-order valence-corrected chi connectivity index (χ1v) is 11.3. The van der Waals surface area contributed by atoms with Crippen LogP contribution in [-0.2, 0) is 14.5 Å². The van der Waals surface area contributed by atoms with E-state index in [9.17, 15) is 14.4 Å². The van der Waals surface area contributed by atoms with Gasteiger partial charge < -0.3 is 9.79 Å². The topological polar surface area (TPSA) is 66.8 Å². The maximum atomic E-state index is 12.1. The van der Waals surface area contributed by atoms with Gasteiger partial charge in [-0.3, -0.25) is 4.52 Å². The van der Waals surface area contributed by atoms with Gasteiger partial charge in [-0.2, -0.15) is 0 Å². The molecule has 142 valence electrons. The van der Waals surface area contributed by atoms with Crippen molar-refractivity contribution in [1.82, 2.24) is 0 Å². The van der Waals surface area contributed by atoms with Crippen molar-refractivity contribution >= 4 is 7.82 Å². The van der Waals surface area contributed by atoms with Crippen LogP contribution in [0.5, 0.6) is 0 Å². The minimum absolute atomic E-state index is 0.333. The second-order valence-corrected chi connectivity index (χ2v) is 9.82. The first-order chi connectivity index (χ1) is 12.9. The van der Waals surface area contributed by atoms with Gasteiger partial charge in [0.25, 0.3) is 0 Å². The molecule has 0 heterocycles. The second kappa shape index (κ2) is 6.02. The van der Waals surface area contributed by atoms with E-state index in [0.717, 1.165) is 36.8 Å². The summed E-state index contributed by atoms with van der Waals surface area (Å²) in [5.41, 5.74) is 0.856. The second-order valence-electron chi connectivity index (χ2n) is 8.66. The molecule has 2 aromatic rings. The van der Waals surface area contributed by atoms with Gasteiger partial charge in [0.1, 0.15) is 0 Å². The van der Waals surface area contributed by atoms with Gasteiger partial charge in [0.15, 0.2) is 0 Å². The van der Waals surface area contributed by atoms with Crippen LogP contribution in [0.4, 0.5) is 0 Å². The number of hydrogen-bond donors (Lipinski definition) is 2. The Hall–Kier alpha value is -1.45. The Morgan fingerprint density at radius 1 is 0.815 bits per heavy atom. The van der Waals surface area contributed by atoms with Crippen molar-refractivity contribution < 1.29 is 18.9 Å². The summed E-state index contributed by atoms with van der Waals surface area (Å²) in [5.74, 6) is 1.32. The number of benzene rings is 2. The lowest BCUT2D eigenvalue weighted by atomic mass is 9.40. The van der Waals surface area contributed by atoms with Crippen LogP contribution in [-0.4, -0.2) is 15.4 Å². The standard InChI is InChI=1S/C22H25O4P/c23-27(24,25)26-21-14-16-11-17(15-21)13-20(12-16)22(21,18-7-3-1-4-8-18)19-9-5-2-6-10-19/h1-10,16-17,20H,11-15H2,(H2,23,24,25). The highest BCUT2D eigenvalue weighted by atomic mass is 31.2. The van der Waals surface area contributed by atoms with E-state index in [0.29, 0.717) is 17.8 Å². The lowest BCUT2D eigenvalue weighted by molar-refractivity contribution is -0.167. The Kier molecular flexibility index (Phi) is 3.93. The van der Waals surface area contributed by atoms with Crippen molar-refractivity contribution in [1.29, 1.82) is 0 Å². The molecule has 4 aliphatic rings. The van der Waals surface area contributed by atoms with E-state index in [4.69, 9.17) is 4.52 Å². The molecule has 2 aromatic carbocycles. The molecule has 4 saturated carbocycles. The number of rotatable bonds is 4. The number of phosphoric ester groups is 1. The monoisotopic (exact) mass is 384 g/mol. The Morgan fingerprint density at radius 2 is 1.30 bits per heavy atom. The van der Waals surface area contributed by atoms with Crippen molar-refractivity contribution in [3.63, 3.8) is 0 Å².